The number of hydrogen-bond acceptors (Lipinski definition) is 2. The summed E-state index contributed by atoms with van der Waals surface area (Å²) in [5.41, 5.74) is 4.98. The highest BCUT2D eigenvalue weighted by atomic mass is 16.4. The molecule has 0 amide bonds. The number of carbonyl (C=O) groups is 1. The van der Waals surface area contributed by atoms with Gasteiger partial charge in [0, 0.05) is 5.56 Å². The number of nitrogens with zero attached hydrogens (tertiary/aromatic N) is 1. The van der Waals surface area contributed by atoms with E-state index in [1.54, 1.807) is 6.07 Å². The monoisotopic (exact) mass is 269 g/mol. The number of hydrogen-bond donors (Lipinski definition) is 1. The maximum atomic E-state index is 11.3. The van der Waals surface area contributed by atoms with Crippen molar-refractivity contribution in [1.82, 2.24) is 4.98 Å². The molecule has 0 saturated heterocycles. The van der Waals surface area contributed by atoms with Crippen LogP contribution in [0.25, 0.3) is 11.3 Å². The summed E-state index contributed by atoms with van der Waals surface area (Å²) in [7, 11) is 0. The molecule has 1 aromatic heterocycles. The van der Waals surface area contributed by atoms with Crippen LogP contribution in [0.1, 0.15) is 40.5 Å². The summed E-state index contributed by atoms with van der Waals surface area (Å²) in [6, 6.07) is 9.87. The van der Waals surface area contributed by atoms with E-state index in [1.165, 1.54) is 5.56 Å². The predicted octanol–water partition coefficient (Wildman–Crippen LogP) is 4.02. The highest BCUT2D eigenvalue weighted by Gasteiger charge is 2.15. The molecule has 104 valence electrons. The van der Waals surface area contributed by atoms with E-state index in [0.29, 0.717) is 17.7 Å². The molecule has 2 rings (SSSR count). The lowest BCUT2D eigenvalue weighted by Crippen LogP contribution is -2.07. The van der Waals surface area contributed by atoms with E-state index in [4.69, 9.17) is 0 Å². The minimum atomic E-state index is -0.903. The van der Waals surface area contributed by atoms with Crippen molar-refractivity contribution in [2.45, 2.75) is 33.6 Å². The van der Waals surface area contributed by atoms with Crippen molar-refractivity contribution >= 4 is 5.97 Å². The molecular formula is C17H19NO2. The van der Waals surface area contributed by atoms with Gasteiger partial charge in [-0.15, -0.1) is 0 Å². The molecule has 0 atom stereocenters. The molecule has 2 aromatic rings. The fourth-order valence-corrected chi connectivity index (χ4v) is 2.27. The Labute approximate surface area is 119 Å². The lowest BCUT2D eigenvalue weighted by molar-refractivity contribution is 0.0695. The van der Waals surface area contributed by atoms with Gasteiger partial charge in [0.25, 0.3) is 0 Å². The molecule has 0 spiro atoms. The van der Waals surface area contributed by atoms with Crippen LogP contribution >= 0.6 is 0 Å². The molecule has 1 heterocycles. The zero-order valence-corrected chi connectivity index (χ0v) is 12.1. The van der Waals surface area contributed by atoms with E-state index in [-0.39, 0.29) is 0 Å². The second-order valence-corrected chi connectivity index (χ2v) is 5.07. The molecule has 0 radical (unpaired) electrons. The van der Waals surface area contributed by atoms with Gasteiger partial charge in [0.2, 0.25) is 0 Å². The molecule has 0 bridgehead atoms. The summed E-state index contributed by atoms with van der Waals surface area (Å²) in [6.07, 6.45) is 1.56. The summed E-state index contributed by atoms with van der Waals surface area (Å²) >= 11 is 0. The topological polar surface area (TPSA) is 50.2 Å². The van der Waals surface area contributed by atoms with Gasteiger partial charge in [-0.2, -0.15) is 0 Å². The van der Waals surface area contributed by atoms with Crippen LogP contribution in [-0.4, -0.2) is 16.1 Å². The fourth-order valence-electron chi connectivity index (χ4n) is 2.27. The smallest absolute Gasteiger partial charge is 0.337 e. The van der Waals surface area contributed by atoms with Gasteiger partial charge in [-0.25, -0.2) is 4.79 Å². The first kappa shape index (κ1) is 14.3. The zero-order chi connectivity index (χ0) is 14.7. The Bertz CT molecular complexity index is 630. The normalized spacial score (nSPS) is 10.6. The second kappa shape index (κ2) is 5.87. The Kier molecular flexibility index (Phi) is 4.18. The van der Waals surface area contributed by atoms with Gasteiger partial charge in [0.1, 0.15) is 0 Å². The second-order valence-electron chi connectivity index (χ2n) is 5.07. The average molecular weight is 269 g/mol. The number of aryl methyl sites for hydroxylation is 3. The zero-order valence-electron chi connectivity index (χ0n) is 12.1. The molecule has 0 aliphatic carbocycles. The highest BCUT2D eigenvalue weighted by molar-refractivity contribution is 5.89. The molecule has 1 aromatic carbocycles. The van der Waals surface area contributed by atoms with E-state index < -0.39 is 5.97 Å². The summed E-state index contributed by atoms with van der Waals surface area (Å²) in [4.78, 5) is 15.9. The van der Waals surface area contributed by atoms with E-state index >= 15 is 0 Å². The Morgan fingerprint density at radius 2 is 1.85 bits per heavy atom. The van der Waals surface area contributed by atoms with E-state index in [9.17, 15) is 9.90 Å². The third-order valence-corrected chi connectivity index (χ3v) is 3.33. The van der Waals surface area contributed by atoms with Crippen LogP contribution in [0.2, 0.25) is 0 Å². The number of pyridine rings is 1. The number of carboxylic acids is 1. The number of aromatic carboxylic acids is 1. The molecule has 0 aliphatic rings. The summed E-state index contributed by atoms with van der Waals surface area (Å²) in [5, 5.41) is 9.27. The third-order valence-electron chi connectivity index (χ3n) is 3.33. The van der Waals surface area contributed by atoms with Crippen molar-refractivity contribution in [1.29, 1.82) is 0 Å². The van der Waals surface area contributed by atoms with Gasteiger partial charge in [-0.05, 0) is 31.9 Å². The average Bonchev–Trinajstić information content (AvgIpc) is 2.41. The van der Waals surface area contributed by atoms with Gasteiger partial charge in [-0.1, -0.05) is 43.2 Å². The van der Waals surface area contributed by atoms with Crippen molar-refractivity contribution in [3.05, 3.63) is 52.7 Å². The fraction of sp³-hybridized carbons (Fsp3) is 0.294. The van der Waals surface area contributed by atoms with Crippen molar-refractivity contribution < 1.29 is 9.90 Å². The molecule has 3 nitrogen and oxygen atoms in total. The van der Waals surface area contributed by atoms with E-state index in [2.05, 4.69) is 4.98 Å². The molecule has 0 unspecified atom stereocenters. The third kappa shape index (κ3) is 2.87. The predicted molar refractivity (Wildman–Crippen MR) is 80.1 cm³/mol. The first-order valence-corrected chi connectivity index (χ1v) is 6.83. The van der Waals surface area contributed by atoms with Crippen LogP contribution in [0.5, 0.6) is 0 Å². The van der Waals surface area contributed by atoms with Crippen molar-refractivity contribution in [2.75, 3.05) is 0 Å². The quantitative estimate of drug-likeness (QED) is 0.912. The minimum Gasteiger partial charge on any atom is -0.478 e. The highest BCUT2D eigenvalue weighted by Crippen LogP contribution is 2.24. The first-order chi connectivity index (χ1) is 9.52. The Morgan fingerprint density at radius 3 is 2.40 bits per heavy atom. The Hall–Kier alpha value is -2.16. The molecule has 20 heavy (non-hydrogen) atoms. The molecule has 3 heteroatoms. The summed E-state index contributed by atoms with van der Waals surface area (Å²) < 4.78 is 0. The maximum Gasteiger partial charge on any atom is 0.337 e. The van der Waals surface area contributed by atoms with Gasteiger partial charge >= 0.3 is 5.97 Å². The SMILES string of the molecule is CCCc1nc(-c2ccc(C)cc2)c(C)cc1C(=O)O. The Morgan fingerprint density at radius 1 is 1.20 bits per heavy atom. The minimum absolute atomic E-state index is 0.320. The number of aromatic nitrogens is 1. The largest absolute Gasteiger partial charge is 0.478 e. The molecule has 0 aliphatic heterocycles. The summed E-state index contributed by atoms with van der Waals surface area (Å²) in [5.74, 6) is -0.903. The summed E-state index contributed by atoms with van der Waals surface area (Å²) in [6.45, 7) is 5.98. The van der Waals surface area contributed by atoms with Crippen molar-refractivity contribution in [2.24, 2.45) is 0 Å². The van der Waals surface area contributed by atoms with E-state index in [1.807, 2.05) is 45.0 Å². The Balaban J connectivity index is 2.56. The molecule has 0 saturated carbocycles. The molecular weight excluding hydrogens is 250 g/mol. The lowest BCUT2D eigenvalue weighted by atomic mass is 10.0. The number of rotatable bonds is 4. The number of benzene rings is 1. The maximum absolute atomic E-state index is 11.3. The van der Waals surface area contributed by atoms with Gasteiger partial charge in [-0.3, -0.25) is 4.98 Å². The van der Waals surface area contributed by atoms with E-state index in [0.717, 1.165) is 23.2 Å². The van der Waals surface area contributed by atoms with Crippen LogP contribution in [-0.2, 0) is 6.42 Å². The van der Waals surface area contributed by atoms with Gasteiger partial charge in [0.15, 0.2) is 0 Å². The van der Waals surface area contributed by atoms with Crippen LogP contribution in [0.4, 0.5) is 0 Å². The lowest BCUT2D eigenvalue weighted by Gasteiger charge is -2.11. The standard InChI is InChI=1S/C17H19NO2/c1-4-5-15-14(17(19)20)10-12(3)16(18-15)13-8-6-11(2)7-9-13/h6-10H,4-5H2,1-3H3,(H,19,20). The molecule has 0 fully saturated rings. The first-order valence-electron chi connectivity index (χ1n) is 6.83. The van der Waals surface area contributed by atoms with Crippen LogP contribution < -0.4 is 0 Å². The van der Waals surface area contributed by atoms with Crippen LogP contribution in [0.15, 0.2) is 30.3 Å². The van der Waals surface area contributed by atoms with Crippen molar-refractivity contribution in [3.8, 4) is 11.3 Å². The van der Waals surface area contributed by atoms with Crippen molar-refractivity contribution in [3.63, 3.8) is 0 Å². The van der Waals surface area contributed by atoms with Gasteiger partial charge in [0.05, 0.1) is 17.0 Å². The number of carboxylic acid groups (broad SMARTS) is 1. The van der Waals surface area contributed by atoms with Crippen LogP contribution in [0.3, 0.4) is 0 Å². The van der Waals surface area contributed by atoms with Gasteiger partial charge < -0.3 is 5.11 Å². The van der Waals surface area contributed by atoms with Crippen LogP contribution in [0, 0.1) is 13.8 Å². The molecule has 1 N–H and O–H groups in total.